The summed E-state index contributed by atoms with van der Waals surface area (Å²) in [6, 6.07) is 15.0. The van der Waals surface area contributed by atoms with Crippen LogP contribution in [0.15, 0.2) is 54.7 Å². The highest BCUT2D eigenvalue weighted by atomic mass is 35.5. The Morgan fingerprint density at radius 2 is 2.00 bits per heavy atom. The van der Waals surface area contributed by atoms with Gasteiger partial charge in [-0.25, -0.2) is 0 Å². The molecule has 0 saturated heterocycles. The van der Waals surface area contributed by atoms with E-state index < -0.39 is 6.04 Å². The number of H-pyrrole nitrogens is 1. The van der Waals surface area contributed by atoms with Crippen LogP contribution in [0, 0.1) is 0 Å². The Kier molecular flexibility index (Phi) is 7.09. The van der Waals surface area contributed by atoms with Crippen molar-refractivity contribution < 1.29 is 4.79 Å². The molecule has 0 saturated carbocycles. The van der Waals surface area contributed by atoms with Crippen LogP contribution in [0.3, 0.4) is 0 Å². The molecule has 1 heterocycles. The number of rotatable bonds is 6. The molecule has 0 aliphatic heterocycles. The van der Waals surface area contributed by atoms with Crippen LogP contribution in [0.25, 0.3) is 10.9 Å². The molecule has 0 aliphatic carbocycles. The van der Waals surface area contributed by atoms with Gasteiger partial charge in [0, 0.05) is 35.2 Å². The second-order valence-corrected chi connectivity index (χ2v) is 6.59. The van der Waals surface area contributed by atoms with E-state index in [9.17, 15) is 4.79 Å². The van der Waals surface area contributed by atoms with E-state index in [1.54, 1.807) is 4.90 Å². The van der Waals surface area contributed by atoms with Crippen LogP contribution >= 0.6 is 24.0 Å². The van der Waals surface area contributed by atoms with Crippen LogP contribution in [0.5, 0.6) is 0 Å². The molecular weight excluding hydrogens is 369 g/mol. The van der Waals surface area contributed by atoms with Gasteiger partial charge in [0.2, 0.25) is 5.91 Å². The summed E-state index contributed by atoms with van der Waals surface area (Å²) in [5.74, 6) is -0.0484. The maximum Gasteiger partial charge on any atom is 0.240 e. The van der Waals surface area contributed by atoms with Gasteiger partial charge in [-0.15, -0.1) is 12.4 Å². The smallest absolute Gasteiger partial charge is 0.240 e. The van der Waals surface area contributed by atoms with Gasteiger partial charge in [-0.1, -0.05) is 41.9 Å². The van der Waals surface area contributed by atoms with Crippen molar-refractivity contribution in [2.75, 3.05) is 6.54 Å². The molecule has 26 heavy (non-hydrogen) atoms. The van der Waals surface area contributed by atoms with E-state index in [2.05, 4.69) is 4.98 Å². The second kappa shape index (κ2) is 9.08. The molecular formula is C20H23Cl2N3O. The summed E-state index contributed by atoms with van der Waals surface area (Å²) >= 11 is 6.03. The minimum Gasteiger partial charge on any atom is -0.361 e. The average molecular weight is 392 g/mol. The maximum absolute atomic E-state index is 12.8. The van der Waals surface area contributed by atoms with E-state index in [4.69, 9.17) is 17.3 Å². The molecule has 3 rings (SSSR count). The molecule has 0 spiro atoms. The molecule has 6 heteroatoms. The van der Waals surface area contributed by atoms with Crippen LogP contribution in [-0.2, 0) is 17.8 Å². The van der Waals surface area contributed by atoms with Gasteiger partial charge in [-0.05, 0) is 42.7 Å². The number of nitrogens with one attached hydrogen (secondary N) is 1. The number of fused-ring (bicyclic) bond motifs is 1. The molecule has 1 aromatic heterocycles. The molecule has 3 N–H and O–H groups in total. The van der Waals surface area contributed by atoms with Gasteiger partial charge in [0.15, 0.2) is 0 Å². The molecule has 0 bridgehead atoms. The van der Waals surface area contributed by atoms with E-state index >= 15 is 0 Å². The van der Waals surface area contributed by atoms with Crippen LogP contribution < -0.4 is 5.73 Å². The lowest BCUT2D eigenvalue weighted by Gasteiger charge is -2.24. The third kappa shape index (κ3) is 4.58. The third-order valence-electron chi connectivity index (χ3n) is 4.39. The fourth-order valence-electron chi connectivity index (χ4n) is 3.06. The van der Waals surface area contributed by atoms with Gasteiger partial charge in [0.1, 0.15) is 0 Å². The number of aromatic nitrogens is 1. The molecule has 2 aromatic carbocycles. The number of nitrogens with zero attached hydrogens (tertiary/aromatic N) is 1. The van der Waals surface area contributed by atoms with Crippen molar-refractivity contribution in [1.29, 1.82) is 0 Å². The van der Waals surface area contributed by atoms with Gasteiger partial charge in [-0.3, -0.25) is 4.79 Å². The number of nitrogens with two attached hydrogens (primary N) is 1. The van der Waals surface area contributed by atoms with Gasteiger partial charge < -0.3 is 15.6 Å². The molecule has 0 fully saturated rings. The molecule has 1 atom stereocenters. The predicted octanol–water partition coefficient (Wildman–Crippen LogP) is 4.16. The zero-order chi connectivity index (χ0) is 17.8. The topological polar surface area (TPSA) is 62.1 Å². The Morgan fingerprint density at radius 3 is 2.73 bits per heavy atom. The van der Waals surface area contributed by atoms with E-state index in [0.29, 0.717) is 24.5 Å². The Balaban J connectivity index is 0.00000243. The lowest BCUT2D eigenvalue weighted by Crippen LogP contribution is -2.44. The Bertz CT molecular complexity index is 878. The minimum absolute atomic E-state index is 0. The molecule has 0 aliphatic rings. The minimum atomic E-state index is -0.571. The predicted molar refractivity (Wildman–Crippen MR) is 110 cm³/mol. The first-order valence-corrected chi connectivity index (χ1v) is 8.80. The van der Waals surface area contributed by atoms with Crippen molar-refractivity contribution in [3.63, 3.8) is 0 Å². The number of carbonyl (C=O) groups is 1. The molecule has 0 unspecified atom stereocenters. The average Bonchev–Trinajstić information content (AvgIpc) is 3.02. The van der Waals surface area contributed by atoms with E-state index in [-0.39, 0.29) is 18.3 Å². The zero-order valence-electron chi connectivity index (χ0n) is 14.6. The number of hydrogen-bond donors (Lipinski definition) is 2. The summed E-state index contributed by atoms with van der Waals surface area (Å²) in [5, 5.41) is 1.78. The van der Waals surface area contributed by atoms with Crippen LogP contribution in [0.1, 0.15) is 18.1 Å². The van der Waals surface area contributed by atoms with Gasteiger partial charge in [0.25, 0.3) is 0 Å². The number of para-hydroxylation sites is 1. The van der Waals surface area contributed by atoms with Crippen molar-refractivity contribution in [1.82, 2.24) is 9.88 Å². The Morgan fingerprint density at radius 1 is 1.23 bits per heavy atom. The number of aromatic amines is 1. The summed E-state index contributed by atoms with van der Waals surface area (Å²) in [6.45, 7) is 3.07. The van der Waals surface area contributed by atoms with E-state index in [1.165, 1.54) is 0 Å². The van der Waals surface area contributed by atoms with Gasteiger partial charge in [-0.2, -0.15) is 0 Å². The number of likely N-dealkylation sites (N-methyl/N-ethyl adjacent to an activating group) is 1. The van der Waals surface area contributed by atoms with E-state index in [0.717, 1.165) is 22.0 Å². The monoisotopic (exact) mass is 391 g/mol. The van der Waals surface area contributed by atoms with Crippen LogP contribution in [-0.4, -0.2) is 28.4 Å². The second-order valence-electron chi connectivity index (χ2n) is 6.15. The summed E-state index contributed by atoms with van der Waals surface area (Å²) in [6.07, 6.45) is 2.44. The van der Waals surface area contributed by atoms with Crippen molar-refractivity contribution in [3.8, 4) is 0 Å². The fraction of sp³-hybridized carbons (Fsp3) is 0.250. The molecule has 3 aromatic rings. The number of hydrogen-bond acceptors (Lipinski definition) is 2. The molecule has 4 nitrogen and oxygen atoms in total. The lowest BCUT2D eigenvalue weighted by molar-refractivity contribution is -0.133. The van der Waals surface area contributed by atoms with Gasteiger partial charge >= 0.3 is 0 Å². The SMILES string of the molecule is CCN(Cc1cccc(Cl)c1)C(=O)[C@@H](N)Cc1c[nH]c2ccccc12.Cl. The summed E-state index contributed by atoms with van der Waals surface area (Å²) in [4.78, 5) is 17.8. The Hall–Kier alpha value is -2.01. The number of carbonyl (C=O) groups excluding carboxylic acids is 1. The fourth-order valence-corrected chi connectivity index (χ4v) is 3.27. The molecule has 0 radical (unpaired) electrons. The molecule has 1 amide bonds. The van der Waals surface area contributed by atoms with E-state index in [1.807, 2.05) is 61.7 Å². The third-order valence-corrected chi connectivity index (χ3v) is 4.62. The standard InChI is InChI=1S/C20H22ClN3O.ClH/c1-2-24(13-14-6-5-7-16(21)10-14)20(25)18(22)11-15-12-23-19-9-4-3-8-17(15)19;/h3-10,12,18,23H,2,11,13,22H2,1H3;1H/t18-;/m0./s1. The number of amides is 1. The first kappa shape index (κ1) is 20.3. The van der Waals surface area contributed by atoms with Crippen molar-refractivity contribution in [3.05, 3.63) is 70.9 Å². The zero-order valence-corrected chi connectivity index (χ0v) is 16.2. The largest absolute Gasteiger partial charge is 0.361 e. The highest BCUT2D eigenvalue weighted by molar-refractivity contribution is 6.30. The molecule has 138 valence electrons. The van der Waals surface area contributed by atoms with Crippen molar-refractivity contribution in [2.24, 2.45) is 5.73 Å². The summed E-state index contributed by atoms with van der Waals surface area (Å²) in [7, 11) is 0. The highest BCUT2D eigenvalue weighted by Gasteiger charge is 2.21. The quantitative estimate of drug-likeness (QED) is 0.662. The first-order chi connectivity index (χ1) is 12.1. The number of benzene rings is 2. The maximum atomic E-state index is 12.8. The Labute approximate surface area is 164 Å². The van der Waals surface area contributed by atoms with Gasteiger partial charge in [0.05, 0.1) is 6.04 Å². The van der Waals surface area contributed by atoms with Crippen LogP contribution in [0.4, 0.5) is 0 Å². The first-order valence-electron chi connectivity index (χ1n) is 8.42. The van der Waals surface area contributed by atoms with Crippen molar-refractivity contribution >= 4 is 40.8 Å². The number of halogens is 2. The summed E-state index contributed by atoms with van der Waals surface area (Å²) < 4.78 is 0. The van der Waals surface area contributed by atoms with Crippen LogP contribution in [0.2, 0.25) is 5.02 Å². The lowest BCUT2D eigenvalue weighted by atomic mass is 10.0. The van der Waals surface area contributed by atoms with Crippen molar-refractivity contribution in [2.45, 2.75) is 25.9 Å². The highest BCUT2D eigenvalue weighted by Crippen LogP contribution is 2.19. The normalized spacial score (nSPS) is 11.8. The summed E-state index contributed by atoms with van der Waals surface area (Å²) in [5.41, 5.74) is 9.35.